The number of halogens is 1. The quantitative estimate of drug-likeness (QED) is 0.832. The zero-order valence-corrected chi connectivity index (χ0v) is 11.7. The molecule has 5 nitrogen and oxygen atoms in total. The molecule has 1 atom stereocenters. The van der Waals surface area contributed by atoms with Crippen LogP contribution in [0.1, 0.15) is 42.7 Å². The van der Waals surface area contributed by atoms with Gasteiger partial charge in [0.05, 0.1) is 10.6 Å². The molecule has 3 N–H and O–H groups in total. The van der Waals surface area contributed by atoms with Crippen molar-refractivity contribution in [2.24, 2.45) is 5.73 Å². The molecule has 0 amide bonds. The van der Waals surface area contributed by atoms with E-state index >= 15 is 0 Å². The summed E-state index contributed by atoms with van der Waals surface area (Å²) < 4.78 is 5.15. The van der Waals surface area contributed by atoms with Crippen molar-refractivity contribution in [3.63, 3.8) is 0 Å². The maximum absolute atomic E-state index is 11.8. The molecule has 104 valence electrons. The smallest absolute Gasteiger partial charge is 0.337 e. The number of carbonyl (C=O) groups excluding carboxylic acids is 1. The summed E-state index contributed by atoms with van der Waals surface area (Å²) in [6, 6.07) is 3.12. The highest BCUT2D eigenvalue weighted by atomic mass is 35.5. The minimum atomic E-state index is -1.14. The SMILES string of the molecule is CC(C)(C)OC(=O)C(N)c1ccc(C(=O)O)c(Cl)c1. The first-order valence-corrected chi connectivity index (χ1v) is 6.01. The van der Waals surface area contributed by atoms with Crippen molar-refractivity contribution in [2.75, 3.05) is 0 Å². The fraction of sp³-hybridized carbons (Fsp3) is 0.385. The third kappa shape index (κ3) is 4.22. The fourth-order valence-corrected chi connectivity index (χ4v) is 1.67. The summed E-state index contributed by atoms with van der Waals surface area (Å²) in [6.45, 7) is 5.20. The van der Waals surface area contributed by atoms with Gasteiger partial charge in [-0.1, -0.05) is 17.7 Å². The summed E-state index contributed by atoms with van der Waals surface area (Å²) in [6.07, 6.45) is 0. The highest BCUT2D eigenvalue weighted by Gasteiger charge is 2.24. The number of carboxylic acids is 1. The first-order chi connectivity index (χ1) is 8.61. The first-order valence-electron chi connectivity index (χ1n) is 5.63. The van der Waals surface area contributed by atoms with Crippen LogP contribution in [0, 0.1) is 0 Å². The van der Waals surface area contributed by atoms with Crippen LogP contribution in [0.5, 0.6) is 0 Å². The van der Waals surface area contributed by atoms with E-state index in [2.05, 4.69) is 0 Å². The van der Waals surface area contributed by atoms with Crippen molar-refractivity contribution in [2.45, 2.75) is 32.4 Å². The minimum Gasteiger partial charge on any atom is -0.478 e. The summed E-state index contributed by atoms with van der Waals surface area (Å²) in [5, 5.41) is 8.88. The fourth-order valence-electron chi connectivity index (χ4n) is 1.40. The lowest BCUT2D eigenvalue weighted by Gasteiger charge is -2.22. The molecule has 0 saturated heterocycles. The maximum atomic E-state index is 11.8. The highest BCUT2D eigenvalue weighted by Crippen LogP contribution is 2.23. The Bertz CT molecular complexity index is 508. The molecule has 1 aromatic carbocycles. The number of carboxylic acid groups (broad SMARTS) is 1. The molecule has 0 bridgehead atoms. The van der Waals surface area contributed by atoms with Crippen LogP contribution >= 0.6 is 11.6 Å². The van der Waals surface area contributed by atoms with E-state index < -0.39 is 23.6 Å². The van der Waals surface area contributed by atoms with Crippen molar-refractivity contribution in [1.82, 2.24) is 0 Å². The zero-order valence-electron chi connectivity index (χ0n) is 10.9. The molecule has 0 radical (unpaired) electrons. The number of nitrogens with two attached hydrogens (primary N) is 1. The van der Waals surface area contributed by atoms with Crippen molar-refractivity contribution in [1.29, 1.82) is 0 Å². The van der Waals surface area contributed by atoms with Crippen molar-refractivity contribution < 1.29 is 19.4 Å². The topological polar surface area (TPSA) is 89.6 Å². The molecule has 0 aromatic heterocycles. The number of benzene rings is 1. The normalized spacial score (nSPS) is 12.9. The second kappa shape index (κ2) is 5.59. The third-order valence-electron chi connectivity index (χ3n) is 2.24. The maximum Gasteiger partial charge on any atom is 0.337 e. The predicted octanol–water partition coefficient (Wildman–Crippen LogP) is 2.38. The van der Waals surface area contributed by atoms with Crippen LogP contribution in [0.25, 0.3) is 0 Å². The average Bonchev–Trinajstić information content (AvgIpc) is 2.24. The van der Waals surface area contributed by atoms with Crippen LogP contribution in [0.2, 0.25) is 5.02 Å². The van der Waals surface area contributed by atoms with Crippen LogP contribution in [-0.2, 0) is 9.53 Å². The van der Waals surface area contributed by atoms with Crippen LogP contribution < -0.4 is 5.73 Å². The number of esters is 1. The molecule has 0 aliphatic rings. The Morgan fingerprint density at radius 3 is 2.37 bits per heavy atom. The van der Waals surface area contributed by atoms with E-state index in [0.29, 0.717) is 5.56 Å². The molecule has 0 fully saturated rings. The van der Waals surface area contributed by atoms with Gasteiger partial charge in [-0.25, -0.2) is 9.59 Å². The summed E-state index contributed by atoms with van der Waals surface area (Å²) in [5.74, 6) is -1.73. The van der Waals surface area contributed by atoms with Gasteiger partial charge in [-0.3, -0.25) is 0 Å². The van der Waals surface area contributed by atoms with Gasteiger partial charge in [0.2, 0.25) is 0 Å². The molecule has 1 unspecified atom stereocenters. The van der Waals surface area contributed by atoms with Crippen LogP contribution in [0.4, 0.5) is 0 Å². The second-order valence-electron chi connectivity index (χ2n) is 5.06. The lowest BCUT2D eigenvalue weighted by molar-refractivity contribution is -0.156. The molecule has 0 aliphatic carbocycles. The molecule has 6 heteroatoms. The minimum absolute atomic E-state index is 0.0315. The zero-order chi connectivity index (χ0) is 14.8. The van der Waals surface area contributed by atoms with Crippen LogP contribution in [0.3, 0.4) is 0 Å². The summed E-state index contributed by atoms with van der Waals surface area (Å²) in [5.41, 5.74) is 5.49. The van der Waals surface area contributed by atoms with Gasteiger partial charge in [-0.2, -0.15) is 0 Å². The molecule has 0 heterocycles. The molecule has 19 heavy (non-hydrogen) atoms. The van der Waals surface area contributed by atoms with E-state index in [1.165, 1.54) is 18.2 Å². The Hall–Kier alpha value is -1.59. The lowest BCUT2D eigenvalue weighted by atomic mass is 10.0. The standard InChI is InChI=1S/C13H16ClNO4/c1-13(2,3)19-12(18)10(15)7-4-5-8(11(16)17)9(14)6-7/h4-6,10H,15H2,1-3H3,(H,16,17). The predicted molar refractivity (Wildman–Crippen MR) is 71.2 cm³/mol. The van der Waals surface area contributed by atoms with Crippen LogP contribution in [0.15, 0.2) is 18.2 Å². The van der Waals surface area contributed by atoms with E-state index in [0.717, 1.165) is 0 Å². The molecular weight excluding hydrogens is 270 g/mol. The van der Waals surface area contributed by atoms with Gasteiger partial charge < -0.3 is 15.6 Å². The van der Waals surface area contributed by atoms with Gasteiger partial charge in [0.1, 0.15) is 11.6 Å². The lowest BCUT2D eigenvalue weighted by Crippen LogP contribution is -2.31. The molecule has 1 aromatic rings. The number of hydrogen-bond acceptors (Lipinski definition) is 4. The largest absolute Gasteiger partial charge is 0.478 e. The van der Waals surface area contributed by atoms with Gasteiger partial charge in [0.25, 0.3) is 0 Å². The first kappa shape index (κ1) is 15.5. The number of carbonyl (C=O) groups is 2. The second-order valence-corrected chi connectivity index (χ2v) is 5.46. The van der Waals surface area contributed by atoms with E-state index in [1.54, 1.807) is 20.8 Å². The number of ether oxygens (including phenoxy) is 1. The van der Waals surface area contributed by atoms with Crippen LogP contribution in [-0.4, -0.2) is 22.6 Å². The van der Waals surface area contributed by atoms with Crippen molar-refractivity contribution in [3.8, 4) is 0 Å². The van der Waals surface area contributed by atoms with Crippen molar-refractivity contribution in [3.05, 3.63) is 34.3 Å². The molecule has 0 saturated carbocycles. The number of rotatable bonds is 3. The molecular formula is C13H16ClNO4. The van der Waals surface area contributed by atoms with E-state index in [9.17, 15) is 9.59 Å². The molecule has 0 aliphatic heterocycles. The Morgan fingerprint density at radius 2 is 1.95 bits per heavy atom. The molecule has 1 rings (SSSR count). The van der Waals surface area contributed by atoms with Gasteiger partial charge in [-0.05, 0) is 38.5 Å². The molecule has 0 spiro atoms. The Kier molecular flexibility index (Phi) is 4.55. The van der Waals surface area contributed by atoms with Gasteiger partial charge >= 0.3 is 11.9 Å². The summed E-state index contributed by atoms with van der Waals surface area (Å²) in [4.78, 5) is 22.6. The Morgan fingerprint density at radius 1 is 1.37 bits per heavy atom. The Balaban J connectivity index is 2.95. The monoisotopic (exact) mass is 285 g/mol. The third-order valence-corrected chi connectivity index (χ3v) is 2.56. The van der Waals surface area contributed by atoms with E-state index in [-0.39, 0.29) is 10.6 Å². The van der Waals surface area contributed by atoms with E-state index in [4.69, 9.17) is 27.2 Å². The van der Waals surface area contributed by atoms with Crippen molar-refractivity contribution >= 4 is 23.5 Å². The Labute approximate surface area is 116 Å². The number of aromatic carboxylic acids is 1. The van der Waals surface area contributed by atoms with Gasteiger partial charge in [0.15, 0.2) is 0 Å². The summed E-state index contributed by atoms with van der Waals surface area (Å²) in [7, 11) is 0. The summed E-state index contributed by atoms with van der Waals surface area (Å²) >= 11 is 5.82. The van der Waals surface area contributed by atoms with Gasteiger partial charge in [-0.15, -0.1) is 0 Å². The van der Waals surface area contributed by atoms with E-state index in [1.807, 2.05) is 0 Å². The highest BCUT2D eigenvalue weighted by molar-refractivity contribution is 6.33. The van der Waals surface area contributed by atoms with Gasteiger partial charge in [0, 0.05) is 0 Å². The number of hydrogen-bond donors (Lipinski definition) is 2. The average molecular weight is 286 g/mol.